The summed E-state index contributed by atoms with van der Waals surface area (Å²) in [5.41, 5.74) is -0.658. The molecule has 0 N–H and O–H groups in total. The Labute approximate surface area is 165 Å². The smallest absolute Gasteiger partial charge is 0.410 e. The maximum absolute atomic E-state index is 14.2. The lowest BCUT2D eigenvalue weighted by molar-refractivity contribution is 0.0191. The topological polar surface area (TPSA) is 77.4 Å². The highest BCUT2D eigenvalue weighted by molar-refractivity contribution is 6.30. The number of halogens is 3. The Balaban J connectivity index is 1.84. The minimum atomic E-state index is -0.793. The molecule has 2 atom stereocenters. The van der Waals surface area contributed by atoms with E-state index in [-0.39, 0.29) is 39.4 Å². The second kappa shape index (κ2) is 7.24. The van der Waals surface area contributed by atoms with E-state index in [0.29, 0.717) is 13.0 Å². The van der Waals surface area contributed by atoms with E-state index in [0.717, 1.165) is 0 Å². The SMILES string of the molecule is CC1C(Oc2nc(Cl)nc3c(F)c(Cl)ncc23)CCN1C(=O)OC(C)(C)C. The van der Waals surface area contributed by atoms with E-state index in [1.807, 2.05) is 6.92 Å². The third-order valence-electron chi connectivity index (χ3n) is 4.15. The maximum Gasteiger partial charge on any atom is 0.410 e. The number of ether oxygens (including phenoxy) is 2. The summed E-state index contributed by atoms with van der Waals surface area (Å²) in [6.45, 7) is 7.74. The number of pyridine rings is 1. The Morgan fingerprint density at radius 1 is 1.33 bits per heavy atom. The monoisotopic (exact) mass is 416 g/mol. The van der Waals surface area contributed by atoms with Gasteiger partial charge in [-0.3, -0.25) is 0 Å². The molecule has 2 aromatic rings. The molecule has 0 aromatic carbocycles. The second-order valence-electron chi connectivity index (χ2n) is 7.28. The lowest BCUT2D eigenvalue weighted by Gasteiger charge is -2.28. The first-order valence-corrected chi connectivity index (χ1v) is 9.16. The molecule has 10 heteroatoms. The average molecular weight is 417 g/mol. The molecule has 0 aliphatic carbocycles. The normalized spacial score (nSPS) is 20.2. The van der Waals surface area contributed by atoms with E-state index in [1.165, 1.54) is 6.20 Å². The van der Waals surface area contributed by atoms with Gasteiger partial charge in [0.25, 0.3) is 0 Å². The van der Waals surface area contributed by atoms with Crippen LogP contribution in [0.5, 0.6) is 5.88 Å². The molecule has 0 saturated carbocycles. The number of fused-ring (bicyclic) bond motifs is 1. The fourth-order valence-electron chi connectivity index (χ4n) is 2.86. The van der Waals surface area contributed by atoms with Gasteiger partial charge < -0.3 is 14.4 Å². The molecule has 2 unspecified atom stereocenters. The van der Waals surface area contributed by atoms with Gasteiger partial charge in [0.15, 0.2) is 11.0 Å². The van der Waals surface area contributed by atoms with Crippen molar-refractivity contribution in [1.29, 1.82) is 0 Å². The van der Waals surface area contributed by atoms with Crippen molar-refractivity contribution in [3.05, 3.63) is 22.5 Å². The van der Waals surface area contributed by atoms with E-state index in [4.69, 9.17) is 32.7 Å². The van der Waals surface area contributed by atoms with Crippen molar-refractivity contribution in [2.24, 2.45) is 0 Å². The standard InChI is InChI=1S/C17H19Cl2FN4O3/c1-8-10(5-6-24(8)16(25)27-17(2,3)4)26-14-9-7-21-13(18)11(20)12(9)22-15(19)23-14/h7-8,10H,5-6H2,1-4H3. The van der Waals surface area contributed by atoms with E-state index in [9.17, 15) is 9.18 Å². The first-order valence-electron chi connectivity index (χ1n) is 8.40. The lowest BCUT2D eigenvalue weighted by Crippen LogP contribution is -2.42. The van der Waals surface area contributed by atoms with Crippen LogP contribution in [-0.2, 0) is 4.74 Å². The van der Waals surface area contributed by atoms with E-state index >= 15 is 0 Å². The molecule has 2 aromatic heterocycles. The number of rotatable bonds is 2. The van der Waals surface area contributed by atoms with Crippen LogP contribution in [0.15, 0.2) is 6.20 Å². The van der Waals surface area contributed by atoms with Crippen LogP contribution < -0.4 is 4.74 Å². The summed E-state index contributed by atoms with van der Waals surface area (Å²) in [5.74, 6) is -0.700. The predicted molar refractivity (Wildman–Crippen MR) is 98.7 cm³/mol. The quantitative estimate of drug-likeness (QED) is 0.537. The van der Waals surface area contributed by atoms with Crippen LogP contribution in [0.1, 0.15) is 34.1 Å². The summed E-state index contributed by atoms with van der Waals surface area (Å²) < 4.78 is 25.6. The molecule has 3 rings (SSSR count). The zero-order valence-corrected chi connectivity index (χ0v) is 16.8. The molecule has 0 radical (unpaired) electrons. The van der Waals surface area contributed by atoms with Gasteiger partial charge in [0.05, 0.1) is 11.4 Å². The molecule has 27 heavy (non-hydrogen) atoms. The van der Waals surface area contributed by atoms with Crippen molar-refractivity contribution < 1.29 is 18.7 Å². The van der Waals surface area contributed by atoms with Crippen LogP contribution in [0.25, 0.3) is 10.9 Å². The van der Waals surface area contributed by atoms with Gasteiger partial charge >= 0.3 is 6.09 Å². The zero-order valence-electron chi connectivity index (χ0n) is 15.3. The van der Waals surface area contributed by atoms with Crippen LogP contribution in [0, 0.1) is 5.82 Å². The van der Waals surface area contributed by atoms with Crippen molar-refractivity contribution in [3.63, 3.8) is 0 Å². The van der Waals surface area contributed by atoms with Gasteiger partial charge in [-0.05, 0) is 39.3 Å². The molecule has 1 saturated heterocycles. The highest BCUT2D eigenvalue weighted by Gasteiger charge is 2.38. The van der Waals surface area contributed by atoms with Gasteiger partial charge in [-0.2, -0.15) is 4.98 Å². The Bertz CT molecular complexity index is 891. The molecule has 0 spiro atoms. The molecule has 7 nitrogen and oxygen atoms in total. The van der Waals surface area contributed by atoms with Crippen molar-refractivity contribution in [1.82, 2.24) is 19.9 Å². The first kappa shape index (κ1) is 19.8. The Morgan fingerprint density at radius 3 is 2.70 bits per heavy atom. The Kier molecular flexibility index (Phi) is 5.31. The Morgan fingerprint density at radius 2 is 2.04 bits per heavy atom. The molecule has 0 bridgehead atoms. The zero-order chi connectivity index (χ0) is 19.9. The highest BCUT2D eigenvalue weighted by atomic mass is 35.5. The van der Waals surface area contributed by atoms with Crippen LogP contribution >= 0.6 is 23.2 Å². The summed E-state index contributed by atoms with van der Waals surface area (Å²) in [5, 5.41) is -0.230. The fourth-order valence-corrected chi connectivity index (χ4v) is 3.16. The van der Waals surface area contributed by atoms with Crippen LogP contribution in [0.4, 0.5) is 9.18 Å². The molecule has 1 aliphatic heterocycles. The van der Waals surface area contributed by atoms with Crippen molar-refractivity contribution in [2.45, 2.75) is 51.9 Å². The average Bonchev–Trinajstić information content (AvgIpc) is 2.91. The minimum Gasteiger partial charge on any atom is -0.472 e. The van der Waals surface area contributed by atoms with E-state index in [1.54, 1.807) is 25.7 Å². The number of likely N-dealkylation sites (tertiary alicyclic amines) is 1. The van der Waals surface area contributed by atoms with E-state index < -0.39 is 17.5 Å². The summed E-state index contributed by atoms with van der Waals surface area (Å²) in [6, 6.07) is -0.270. The Hall–Kier alpha value is -1.93. The van der Waals surface area contributed by atoms with Crippen molar-refractivity contribution in [2.75, 3.05) is 6.54 Å². The number of carbonyl (C=O) groups is 1. The van der Waals surface area contributed by atoms with Crippen LogP contribution in [0.2, 0.25) is 10.4 Å². The predicted octanol–water partition coefficient (Wildman–Crippen LogP) is 4.25. The van der Waals surface area contributed by atoms with Gasteiger partial charge in [-0.25, -0.2) is 19.2 Å². The minimum absolute atomic E-state index is 0.0698. The summed E-state index contributed by atoms with van der Waals surface area (Å²) in [4.78, 5) is 25.6. The maximum atomic E-state index is 14.2. The summed E-state index contributed by atoms with van der Waals surface area (Å²) in [7, 11) is 0. The number of amides is 1. The molecular formula is C17H19Cl2FN4O3. The van der Waals surface area contributed by atoms with Gasteiger partial charge in [0.2, 0.25) is 11.2 Å². The van der Waals surface area contributed by atoms with Crippen molar-refractivity contribution in [3.8, 4) is 5.88 Å². The number of hydrogen-bond acceptors (Lipinski definition) is 6. The van der Waals surface area contributed by atoms with Crippen molar-refractivity contribution >= 4 is 40.2 Å². The summed E-state index contributed by atoms with van der Waals surface area (Å²) >= 11 is 11.6. The number of carbonyl (C=O) groups excluding carboxylic acids is 1. The lowest BCUT2D eigenvalue weighted by atomic mass is 10.2. The molecular weight excluding hydrogens is 398 g/mol. The van der Waals surface area contributed by atoms with Gasteiger partial charge in [-0.1, -0.05) is 11.6 Å². The highest BCUT2D eigenvalue weighted by Crippen LogP contribution is 2.31. The number of nitrogens with zero attached hydrogens (tertiary/aromatic N) is 4. The first-order chi connectivity index (χ1) is 12.6. The third-order valence-corrected chi connectivity index (χ3v) is 4.59. The largest absolute Gasteiger partial charge is 0.472 e. The van der Waals surface area contributed by atoms with Gasteiger partial charge in [0, 0.05) is 19.2 Å². The van der Waals surface area contributed by atoms with E-state index in [2.05, 4.69) is 15.0 Å². The molecule has 1 aliphatic rings. The summed E-state index contributed by atoms with van der Waals surface area (Å²) in [6.07, 6.45) is 1.11. The molecule has 146 valence electrons. The third kappa shape index (κ3) is 4.16. The number of aromatic nitrogens is 3. The second-order valence-corrected chi connectivity index (χ2v) is 7.98. The fraction of sp³-hybridized carbons (Fsp3) is 0.529. The van der Waals surface area contributed by atoms with Crippen LogP contribution in [0.3, 0.4) is 0 Å². The molecule has 3 heterocycles. The van der Waals surface area contributed by atoms with Gasteiger partial charge in [0.1, 0.15) is 17.2 Å². The number of hydrogen-bond donors (Lipinski definition) is 0. The molecule has 1 amide bonds. The van der Waals surface area contributed by atoms with Gasteiger partial charge in [-0.15, -0.1) is 0 Å². The van der Waals surface area contributed by atoms with Crippen LogP contribution in [-0.4, -0.2) is 50.2 Å². The molecule has 1 fully saturated rings.